The first-order valence-corrected chi connectivity index (χ1v) is 9.43. The van der Waals surface area contributed by atoms with Gasteiger partial charge in [0.2, 0.25) is 11.7 Å². The predicted molar refractivity (Wildman–Crippen MR) is 104 cm³/mol. The largest absolute Gasteiger partial charge is 0.376 e. The summed E-state index contributed by atoms with van der Waals surface area (Å²) in [5.41, 5.74) is 1.65. The summed E-state index contributed by atoms with van der Waals surface area (Å²) in [4.78, 5) is 29.9. The molecular formula is C20H23N5O3. The van der Waals surface area contributed by atoms with Crippen LogP contribution < -0.4 is 10.9 Å². The highest BCUT2D eigenvalue weighted by Crippen LogP contribution is 2.16. The summed E-state index contributed by atoms with van der Waals surface area (Å²) < 4.78 is 8.59. The van der Waals surface area contributed by atoms with Crippen LogP contribution in [0.2, 0.25) is 0 Å². The van der Waals surface area contributed by atoms with Gasteiger partial charge >= 0.3 is 0 Å². The van der Waals surface area contributed by atoms with Gasteiger partial charge in [0.05, 0.1) is 12.5 Å². The normalized spacial score (nSPS) is 16.6. The van der Waals surface area contributed by atoms with Gasteiger partial charge in [-0.2, -0.15) is 9.50 Å². The molecule has 3 aromatic rings. The Morgan fingerprint density at radius 3 is 2.82 bits per heavy atom. The molecule has 1 saturated heterocycles. The second-order valence-electron chi connectivity index (χ2n) is 7.06. The number of nitrogens with one attached hydrogen (secondary N) is 1. The van der Waals surface area contributed by atoms with Crippen molar-refractivity contribution in [2.45, 2.75) is 32.3 Å². The molecule has 0 spiro atoms. The van der Waals surface area contributed by atoms with E-state index in [9.17, 15) is 9.59 Å². The molecule has 1 fully saturated rings. The fourth-order valence-electron chi connectivity index (χ4n) is 3.46. The average Bonchev–Trinajstić information content (AvgIpc) is 3.39. The van der Waals surface area contributed by atoms with Crippen molar-refractivity contribution in [1.82, 2.24) is 24.5 Å². The number of carbonyl (C=O) groups is 1. The fourth-order valence-corrected chi connectivity index (χ4v) is 3.46. The van der Waals surface area contributed by atoms with Gasteiger partial charge in [-0.05, 0) is 19.8 Å². The molecule has 0 saturated carbocycles. The van der Waals surface area contributed by atoms with Crippen molar-refractivity contribution in [3.05, 3.63) is 51.9 Å². The zero-order valence-electron chi connectivity index (χ0n) is 16.0. The summed E-state index contributed by atoms with van der Waals surface area (Å²) in [6.45, 7) is 3.04. The molecule has 8 nitrogen and oxygen atoms in total. The van der Waals surface area contributed by atoms with Gasteiger partial charge in [-0.25, -0.2) is 0 Å². The number of hydrogen-bond donors (Lipinski definition) is 1. The maximum atomic E-state index is 13.0. The van der Waals surface area contributed by atoms with E-state index in [1.165, 1.54) is 4.52 Å². The molecule has 8 heteroatoms. The van der Waals surface area contributed by atoms with Crippen molar-refractivity contribution in [3.8, 4) is 11.4 Å². The van der Waals surface area contributed by atoms with Crippen LogP contribution in [-0.4, -0.2) is 44.3 Å². The molecule has 1 amide bonds. The highest BCUT2D eigenvalue weighted by Gasteiger charge is 2.20. The number of amides is 1. The van der Waals surface area contributed by atoms with E-state index in [2.05, 4.69) is 15.4 Å². The molecular weight excluding hydrogens is 358 g/mol. The number of aromatic nitrogens is 4. The Labute approximate surface area is 162 Å². The lowest BCUT2D eigenvalue weighted by atomic mass is 10.1. The quantitative estimate of drug-likeness (QED) is 0.718. The minimum Gasteiger partial charge on any atom is -0.376 e. The molecule has 1 aliphatic rings. The van der Waals surface area contributed by atoms with Gasteiger partial charge in [0.1, 0.15) is 0 Å². The fraction of sp³-hybridized carbons (Fsp3) is 0.400. The zero-order chi connectivity index (χ0) is 19.7. The SMILES string of the molecule is Cc1c(CC(=O)NC[C@@H]2CCCO2)c(=O)n2nc(-c3ccccc3)nc2n1C. The Bertz CT molecular complexity index is 1060. The van der Waals surface area contributed by atoms with Gasteiger partial charge in [0.25, 0.3) is 5.56 Å². The Kier molecular flexibility index (Phi) is 4.95. The third-order valence-electron chi connectivity index (χ3n) is 5.20. The van der Waals surface area contributed by atoms with E-state index in [1.54, 1.807) is 4.57 Å². The Morgan fingerprint density at radius 2 is 2.11 bits per heavy atom. The molecule has 28 heavy (non-hydrogen) atoms. The summed E-state index contributed by atoms with van der Waals surface area (Å²) in [7, 11) is 1.82. The van der Waals surface area contributed by atoms with Crippen LogP contribution in [0.15, 0.2) is 35.1 Å². The van der Waals surface area contributed by atoms with Crippen LogP contribution in [0.3, 0.4) is 0 Å². The lowest BCUT2D eigenvalue weighted by Gasteiger charge is -2.13. The molecule has 1 N–H and O–H groups in total. The summed E-state index contributed by atoms with van der Waals surface area (Å²) in [5.74, 6) is 0.732. The maximum absolute atomic E-state index is 13.0. The van der Waals surface area contributed by atoms with E-state index in [0.717, 1.165) is 25.0 Å². The van der Waals surface area contributed by atoms with Crippen LogP contribution in [0, 0.1) is 6.92 Å². The standard InChI is InChI=1S/C20H23N5O3/c1-13-16(11-17(26)21-12-15-9-6-10-28-15)19(27)25-20(24(13)2)22-18(23-25)14-7-4-3-5-8-14/h3-5,7-8,15H,6,9-12H2,1-2H3,(H,21,26)/t15-/m0/s1. The highest BCUT2D eigenvalue weighted by molar-refractivity contribution is 5.78. The van der Waals surface area contributed by atoms with E-state index in [-0.39, 0.29) is 24.0 Å². The molecule has 146 valence electrons. The van der Waals surface area contributed by atoms with Crippen molar-refractivity contribution in [2.75, 3.05) is 13.2 Å². The minimum absolute atomic E-state index is 0.00168. The van der Waals surface area contributed by atoms with Gasteiger partial charge < -0.3 is 14.6 Å². The van der Waals surface area contributed by atoms with Crippen LogP contribution in [-0.2, 0) is 23.0 Å². The first-order valence-electron chi connectivity index (χ1n) is 9.43. The summed E-state index contributed by atoms with van der Waals surface area (Å²) in [6.07, 6.45) is 2.04. The number of benzene rings is 1. The van der Waals surface area contributed by atoms with Gasteiger partial charge in [-0.15, -0.1) is 5.10 Å². The first kappa shape index (κ1) is 18.4. The van der Waals surface area contributed by atoms with Gasteiger partial charge in [-0.1, -0.05) is 30.3 Å². The number of ether oxygens (including phenoxy) is 1. The Morgan fingerprint density at radius 1 is 1.32 bits per heavy atom. The van der Waals surface area contributed by atoms with Gasteiger partial charge in [0.15, 0.2) is 5.82 Å². The number of aryl methyl sites for hydroxylation is 1. The van der Waals surface area contributed by atoms with E-state index in [1.807, 2.05) is 44.3 Å². The highest BCUT2D eigenvalue weighted by atomic mass is 16.5. The summed E-state index contributed by atoms with van der Waals surface area (Å²) in [6, 6.07) is 9.50. The number of hydrogen-bond acceptors (Lipinski definition) is 5. The molecule has 4 rings (SSSR count). The Hall–Kier alpha value is -3.00. The maximum Gasteiger partial charge on any atom is 0.279 e. The molecule has 0 unspecified atom stereocenters. The molecule has 2 aromatic heterocycles. The number of carbonyl (C=O) groups excluding carboxylic acids is 1. The average molecular weight is 381 g/mol. The lowest BCUT2D eigenvalue weighted by molar-refractivity contribution is -0.121. The monoisotopic (exact) mass is 381 g/mol. The molecule has 1 aromatic carbocycles. The van der Waals surface area contributed by atoms with Crippen LogP contribution in [0.4, 0.5) is 0 Å². The van der Waals surface area contributed by atoms with E-state index in [4.69, 9.17) is 4.74 Å². The number of fused-ring (bicyclic) bond motifs is 1. The van der Waals surface area contributed by atoms with E-state index in [0.29, 0.717) is 29.4 Å². The van der Waals surface area contributed by atoms with E-state index < -0.39 is 0 Å². The predicted octanol–water partition coefficient (Wildman–Crippen LogP) is 1.24. The van der Waals surface area contributed by atoms with Crippen molar-refractivity contribution >= 4 is 11.7 Å². The summed E-state index contributed by atoms with van der Waals surface area (Å²) >= 11 is 0. The smallest absolute Gasteiger partial charge is 0.279 e. The molecule has 1 aliphatic heterocycles. The Balaban J connectivity index is 1.63. The second kappa shape index (κ2) is 7.55. The first-order chi connectivity index (χ1) is 13.5. The van der Waals surface area contributed by atoms with Gasteiger partial charge in [-0.3, -0.25) is 9.59 Å². The van der Waals surface area contributed by atoms with Crippen LogP contribution in [0.5, 0.6) is 0 Å². The molecule has 1 atom stereocenters. The number of rotatable bonds is 5. The molecule has 3 heterocycles. The van der Waals surface area contributed by atoms with Crippen molar-refractivity contribution < 1.29 is 9.53 Å². The third kappa shape index (κ3) is 3.43. The van der Waals surface area contributed by atoms with E-state index >= 15 is 0 Å². The molecule has 0 aliphatic carbocycles. The second-order valence-corrected chi connectivity index (χ2v) is 7.06. The van der Waals surface area contributed by atoms with Gasteiger partial charge in [0, 0.05) is 37.0 Å². The van der Waals surface area contributed by atoms with Crippen molar-refractivity contribution in [2.24, 2.45) is 7.05 Å². The number of nitrogens with zero attached hydrogens (tertiary/aromatic N) is 4. The zero-order valence-corrected chi connectivity index (χ0v) is 16.0. The van der Waals surface area contributed by atoms with Crippen molar-refractivity contribution in [3.63, 3.8) is 0 Å². The van der Waals surface area contributed by atoms with Crippen LogP contribution in [0.25, 0.3) is 17.2 Å². The van der Waals surface area contributed by atoms with Crippen LogP contribution in [0.1, 0.15) is 24.1 Å². The molecule has 0 bridgehead atoms. The minimum atomic E-state index is -0.312. The lowest BCUT2D eigenvalue weighted by Crippen LogP contribution is -2.35. The summed E-state index contributed by atoms with van der Waals surface area (Å²) in [5, 5.41) is 7.25. The molecule has 0 radical (unpaired) electrons. The topological polar surface area (TPSA) is 90.5 Å². The van der Waals surface area contributed by atoms with Crippen molar-refractivity contribution in [1.29, 1.82) is 0 Å². The third-order valence-corrected chi connectivity index (χ3v) is 5.20. The van der Waals surface area contributed by atoms with Crippen LogP contribution >= 0.6 is 0 Å².